The number of nitrogens with zero attached hydrogens (tertiary/aromatic N) is 2. The Bertz CT molecular complexity index is 857. The molecule has 0 bridgehead atoms. The molecule has 3 amide bonds. The number of carbonyl (C=O) groups is 3. The number of alkyl carbamates (subject to hydrolysis) is 1. The van der Waals surface area contributed by atoms with Gasteiger partial charge in [0.05, 0.1) is 5.38 Å². The molecule has 250 valence electrons. The second kappa shape index (κ2) is 28.0. The van der Waals surface area contributed by atoms with Crippen LogP contribution in [0.5, 0.6) is 0 Å². The number of amides is 3. The Hall–Kier alpha value is -1.47. The van der Waals surface area contributed by atoms with Gasteiger partial charge in [0.2, 0.25) is 17.1 Å². The minimum absolute atomic E-state index is 0. The van der Waals surface area contributed by atoms with E-state index in [0.29, 0.717) is 6.54 Å². The van der Waals surface area contributed by atoms with Crippen molar-refractivity contribution in [2.45, 2.75) is 143 Å². The van der Waals surface area contributed by atoms with Gasteiger partial charge in [-0.1, -0.05) is 115 Å². The van der Waals surface area contributed by atoms with Crippen LogP contribution in [0.1, 0.15) is 129 Å². The lowest BCUT2D eigenvalue weighted by Crippen LogP contribution is -3.00. The van der Waals surface area contributed by atoms with Crippen molar-refractivity contribution in [3.63, 3.8) is 0 Å². The van der Waals surface area contributed by atoms with Gasteiger partial charge in [0.1, 0.15) is 32.4 Å². The zero-order chi connectivity index (χ0) is 30.8. The highest BCUT2D eigenvalue weighted by Gasteiger charge is 2.26. The summed E-state index contributed by atoms with van der Waals surface area (Å²) in [5.41, 5.74) is 2.78. The maximum atomic E-state index is 12.6. The van der Waals surface area contributed by atoms with Crippen molar-refractivity contribution in [3.05, 3.63) is 16.6 Å². The third kappa shape index (κ3) is 21.0. The number of halogens is 1. The lowest BCUT2D eigenvalue weighted by Gasteiger charge is -2.20. The van der Waals surface area contributed by atoms with Crippen LogP contribution in [0.3, 0.4) is 0 Å². The fourth-order valence-electron chi connectivity index (χ4n) is 4.70. The second-order valence-corrected chi connectivity index (χ2v) is 11.7. The first-order chi connectivity index (χ1) is 20.4. The minimum atomic E-state index is -0.758. The van der Waals surface area contributed by atoms with Gasteiger partial charge in [-0.05, 0) is 13.3 Å². The van der Waals surface area contributed by atoms with Crippen LogP contribution >= 0.6 is 11.3 Å². The standard InChI is InChI=1S/C32H57N3O6S.HI/c1-5-7-8-9-10-11-12-13-14-15-16-17-18-19-20-21-22-33-31(37)40-24-30(39-4)25-41-32(38)35(28(3)36)23-29-26-42-27-34(29)6-2;/h26-27,30H,5-25H2,1-4H3;1H. The topological polar surface area (TPSA) is 98.0 Å². The lowest BCUT2D eigenvalue weighted by molar-refractivity contribution is -0.696. The van der Waals surface area contributed by atoms with E-state index < -0.39 is 24.2 Å². The zero-order valence-corrected chi connectivity index (χ0v) is 30.2. The van der Waals surface area contributed by atoms with E-state index in [1.165, 1.54) is 115 Å². The van der Waals surface area contributed by atoms with Gasteiger partial charge >= 0.3 is 12.2 Å². The van der Waals surface area contributed by atoms with Gasteiger partial charge in [-0.25, -0.2) is 14.5 Å². The molecule has 1 heterocycles. The lowest BCUT2D eigenvalue weighted by atomic mass is 10.0. The number of hydrogen-bond acceptors (Lipinski definition) is 7. The molecule has 0 radical (unpaired) electrons. The molecule has 1 unspecified atom stereocenters. The number of aryl methyl sites for hydroxylation is 1. The third-order valence-corrected chi connectivity index (χ3v) is 8.23. The molecule has 1 N–H and O–H groups in total. The van der Waals surface area contributed by atoms with E-state index in [1.54, 1.807) is 0 Å². The summed E-state index contributed by atoms with van der Waals surface area (Å²) in [5.74, 6) is -0.410. The van der Waals surface area contributed by atoms with Crippen molar-refractivity contribution in [3.8, 4) is 0 Å². The van der Waals surface area contributed by atoms with Crippen molar-refractivity contribution in [1.29, 1.82) is 0 Å². The SMILES string of the molecule is CCCCCCCCCCCCCCCCCCNC(=O)OCC(COC(=O)N(Cc1csc[n+]1CC)C(C)=O)OC.[I-]. The maximum Gasteiger partial charge on any atom is 0.417 e. The van der Waals surface area contributed by atoms with Crippen molar-refractivity contribution in [2.75, 3.05) is 26.9 Å². The molecule has 1 rings (SSSR count). The fraction of sp³-hybridized carbons (Fsp3) is 0.812. The Morgan fingerprint density at radius 2 is 1.35 bits per heavy atom. The van der Waals surface area contributed by atoms with Gasteiger partial charge in [-0.3, -0.25) is 4.79 Å². The Morgan fingerprint density at radius 1 is 0.837 bits per heavy atom. The van der Waals surface area contributed by atoms with Crippen LogP contribution in [-0.4, -0.2) is 56.0 Å². The molecule has 1 aromatic heterocycles. The number of aromatic nitrogens is 1. The highest BCUT2D eigenvalue weighted by Crippen LogP contribution is 2.14. The quantitative estimate of drug-likeness (QED) is 0.0899. The highest BCUT2D eigenvalue weighted by atomic mass is 127. The first-order valence-electron chi connectivity index (χ1n) is 16.3. The molecule has 1 atom stereocenters. The van der Waals surface area contributed by atoms with E-state index in [-0.39, 0.29) is 43.7 Å². The van der Waals surface area contributed by atoms with E-state index in [1.807, 2.05) is 22.4 Å². The number of ether oxygens (including phenoxy) is 3. The Labute approximate surface area is 281 Å². The van der Waals surface area contributed by atoms with E-state index in [0.717, 1.165) is 30.0 Å². The second-order valence-electron chi connectivity index (χ2n) is 11.0. The van der Waals surface area contributed by atoms with Gasteiger partial charge in [-0.15, -0.1) is 0 Å². The molecule has 0 fully saturated rings. The molecule has 9 nitrogen and oxygen atoms in total. The monoisotopic (exact) mass is 739 g/mol. The fourth-order valence-corrected chi connectivity index (χ4v) is 5.56. The molecule has 0 saturated heterocycles. The summed E-state index contributed by atoms with van der Waals surface area (Å²) in [7, 11) is 1.45. The maximum absolute atomic E-state index is 12.6. The van der Waals surface area contributed by atoms with Crippen molar-refractivity contribution in [1.82, 2.24) is 10.2 Å². The van der Waals surface area contributed by atoms with Crippen LogP contribution in [0.2, 0.25) is 0 Å². The van der Waals surface area contributed by atoms with Crippen LogP contribution in [0.25, 0.3) is 0 Å². The van der Waals surface area contributed by atoms with Crippen LogP contribution in [0, 0.1) is 0 Å². The molecule has 1 aromatic rings. The summed E-state index contributed by atoms with van der Waals surface area (Å²) in [6.07, 6.45) is 19.0. The van der Waals surface area contributed by atoms with Gasteiger partial charge in [0.15, 0.2) is 0 Å². The molecule has 0 saturated carbocycles. The van der Waals surface area contributed by atoms with Gasteiger partial charge in [-0.2, -0.15) is 4.57 Å². The van der Waals surface area contributed by atoms with E-state index in [4.69, 9.17) is 14.2 Å². The summed E-state index contributed by atoms with van der Waals surface area (Å²) in [4.78, 5) is 37.7. The summed E-state index contributed by atoms with van der Waals surface area (Å²) in [6, 6.07) is 0. The molecular formula is C32H58IN3O6S. The summed E-state index contributed by atoms with van der Waals surface area (Å²) < 4.78 is 17.8. The van der Waals surface area contributed by atoms with Crippen molar-refractivity contribution < 1.29 is 57.1 Å². The predicted octanol–water partition coefficient (Wildman–Crippen LogP) is 4.55. The number of rotatable bonds is 25. The largest absolute Gasteiger partial charge is 1.00 e. The van der Waals surface area contributed by atoms with E-state index >= 15 is 0 Å². The number of methoxy groups -OCH3 is 1. The molecule has 0 aromatic carbocycles. The van der Waals surface area contributed by atoms with Crippen LogP contribution in [0.15, 0.2) is 10.9 Å². The first kappa shape index (κ1) is 41.5. The molecular weight excluding hydrogens is 681 g/mol. The Morgan fingerprint density at radius 3 is 1.84 bits per heavy atom. The highest BCUT2D eigenvalue weighted by molar-refractivity contribution is 7.07. The minimum Gasteiger partial charge on any atom is -1.00 e. The van der Waals surface area contributed by atoms with Crippen LogP contribution in [0.4, 0.5) is 9.59 Å². The van der Waals surface area contributed by atoms with Gasteiger partial charge in [0.25, 0.3) is 0 Å². The number of carbonyl (C=O) groups excluding carboxylic acids is 3. The third-order valence-electron chi connectivity index (χ3n) is 7.45. The summed E-state index contributed by atoms with van der Waals surface area (Å²) >= 11 is 1.50. The van der Waals surface area contributed by atoms with Gasteiger partial charge < -0.3 is 43.5 Å². The van der Waals surface area contributed by atoms with Crippen LogP contribution < -0.4 is 33.9 Å². The molecule has 0 aliphatic heterocycles. The van der Waals surface area contributed by atoms with E-state index in [9.17, 15) is 14.4 Å². The Balaban J connectivity index is 0.0000176. The first-order valence-corrected chi connectivity index (χ1v) is 17.2. The molecule has 0 aliphatic rings. The molecule has 0 aliphatic carbocycles. The van der Waals surface area contributed by atoms with E-state index in [2.05, 4.69) is 12.2 Å². The molecule has 11 heteroatoms. The number of thiazole rings is 1. The molecule has 0 spiro atoms. The number of imide groups is 1. The summed E-state index contributed by atoms with van der Waals surface area (Å²) in [5, 5.41) is 4.67. The Kier molecular flexibility index (Phi) is 27.1. The van der Waals surface area contributed by atoms with Crippen LogP contribution in [-0.2, 0) is 32.1 Å². The normalized spacial score (nSPS) is 11.4. The molecule has 43 heavy (non-hydrogen) atoms. The summed E-state index contributed by atoms with van der Waals surface area (Å²) in [6.45, 7) is 6.82. The zero-order valence-electron chi connectivity index (χ0n) is 27.2. The average molecular weight is 740 g/mol. The number of nitrogens with one attached hydrogen (secondary N) is 1. The number of hydrogen-bond donors (Lipinski definition) is 1. The van der Waals surface area contributed by atoms with Gasteiger partial charge in [0, 0.05) is 20.6 Å². The average Bonchev–Trinajstić information content (AvgIpc) is 3.44. The smallest absolute Gasteiger partial charge is 0.417 e. The number of unbranched alkanes of at least 4 members (excludes halogenated alkanes) is 15. The predicted molar refractivity (Wildman–Crippen MR) is 167 cm³/mol. The van der Waals surface area contributed by atoms with Crippen molar-refractivity contribution in [2.24, 2.45) is 0 Å². The van der Waals surface area contributed by atoms with Crippen molar-refractivity contribution >= 4 is 29.4 Å².